The highest BCUT2D eigenvalue weighted by Crippen LogP contribution is 2.37. The molecular formula is C13H16F3N3O3. The summed E-state index contributed by atoms with van der Waals surface area (Å²) in [5.41, 5.74) is 0. The van der Waals surface area contributed by atoms with Gasteiger partial charge < -0.3 is 10.0 Å². The summed E-state index contributed by atoms with van der Waals surface area (Å²) in [5, 5.41) is 12.9. The molecule has 22 heavy (non-hydrogen) atoms. The van der Waals surface area contributed by atoms with Gasteiger partial charge in [0.05, 0.1) is 11.8 Å². The van der Waals surface area contributed by atoms with Gasteiger partial charge in [0.1, 0.15) is 0 Å². The summed E-state index contributed by atoms with van der Waals surface area (Å²) in [6.07, 6.45) is -0.802. The summed E-state index contributed by atoms with van der Waals surface area (Å²) in [7, 11) is 0. The first-order valence-corrected chi connectivity index (χ1v) is 6.83. The lowest BCUT2D eigenvalue weighted by molar-refractivity contribution is -0.188. The number of nitrogens with zero attached hydrogens (tertiary/aromatic N) is 3. The van der Waals surface area contributed by atoms with Crippen LogP contribution in [0.25, 0.3) is 0 Å². The van der Waals surface area contributed by atoms with Crippen molar-refractivity contribution in [2.24, 2.45) is 11.8 Å². The number of aryl methyl sites for hydroxylation is 1. The minimum Gasteiger partial charge on any atom is -0.481 e. The smallest absolute Gasteiger partial charge is 0.394 e. The monoisotopic (exact) mass is 319 g/mol. The first kappa shape index (κ1) is 16.3. The Morgan fingerprint density at radius 3 is 2.55 bits per heavy atom. The third-order valence-electron chi connectivity index (χ3n) is 3.75. The molecule has 1 amide bonds. The molecule has 0 spiro atoms. The van der Waals surface area contributed by atoms with Crippen molar-refractivity contribution in [1.82, 2.24) is 14.7 Å². The Balaban J connectivity index is 1.89. The van der Waals surface area contributed by atoms with Gasteiger partial charge in [-0.3, -0.25) is 14.3 Å². The molecule has 122 valence electrons. The van der Waals surface area contributed by atoms with E-state index in [2.05, 4.69) is 5.10 Å². The topological polar surface area (TPSA) is 75.4 Å². The number of hydrogen-bond donors (Lipinski definition) is 1. The fourth-order valence-electron chi connectivity index (χ4n) is 2.57. The molecule has 1 aromatic heterocycles. The Hall–Kier alpha value is -2.06. The quantitative estimate of drug-likeness (QED) is 0.890. The minimum absolute atomic E-state index is 0.0662. The molecule has 0 aliphatic carbocycles. The Morgan fingerprint density at radius 1 is 1.32 bits per heavy atom. The predicted octanol–water partition coefficient (Wildman–Crippen LogP) is 1.38. The van der Waals surface area contributed by atoms with Crippen molar-refractivity contribution in [3.8, 4) is 0 Å². The molecule has 1 saturated heterocycles. The minimum atomic E-state index is -4.62. The summed E-state index contributed by atoms with van der Waals surface area (Å²) in [6.45, 7) is -0.487. The molecule has 1 N–H and O–H groups in total. The zero-order valence-electron chi connectivity index (χ0n) is 11.7. The number of carbonyl (C=O) groups is 2. The van der Waals surface area contributed by atoms with Crippen LogP contribution < -0.4 is 0 Å². The van der Waals surface area contributed by atoms with Crippen LogP contribution in [0.2, 0.25) is 0 Å². The Kier molecular flexibility index (Phi) is 4.72. The van der Waals surface area contributed by atoms with Gasteiger partial charge in [0.25, 0.3) is 0 Å². The molecule has 1 aliphatic rings. The average molecular weight is 319 g/mol. The number of aromatic nitrogens is 2. The van der Waals surface area contributed by atoms with E-state index in [1.165, 1.54) is 0 Å². The van der Waals surface area contributed by atoms with Gasteiger partial charge in [-0.25, -0.2) is 0 Å². The molecule has 2 heterocycles. The highest BCUT2D eigenvalue weighted by molar-refractivity contribution is 5.79. The number of amides is 1. The maximum atomic E-state index is 12.8. The molecule has 0 aromatic carbocycles. The van der Waals surface area contributed by atoms with Gasteiger partial charge in [0, 0.05) is 38.4 Å². The number of aliphatic carboxylic acids is 1. The lowest BCUT2D eigenvalue weighted by Crippen LogP contribution is -2.34. The predicted molar refractivity (Wildman–Crippen MR) is 68.7 cm³/mol. The van der Waals surface area contributed by atoms with Crippen LogP contribution >= 0.6 is 0 Å². The van der Waals surface area contributed by atoms with E-state index in [0.29, 0.717) is 13.0 Å². The van der Waals surface area contributed by atoms with Gasteiger partial charge in [0.15, 0.2) is 0 Å². The highest BCUT2D eigenvalue weighted by atomic mass is 19.4. The Morgan fingerprint density at radius 2 is 2.05 bits per heavy atom. The molecule has 2 rings (SSSR count). The van der Waals surface area contributed by atoms with E-state index in [1.54, 1.807) is 23.1 Å². The number of likely N-dealkylation sites (tertiary alicyclic amines) is 1. The summed E-state index contributed by atoms with van der Waals surface area (Å²) in [5.74, 6) is -5.56. The van der Waals surface area contributed by atoms with Gasteiger partial charge in [0.2, 0.25) is 5.91 Å². The largest absolute Gasteiger partial charge is 0.481 e. The van der Waals surface area contributed by atoms with Crippen LogP contribution in [0.3, 0.4) is 0 Å². The lowest BCUT2D eigenvalue weighted by atomic mass is 9.96. The van der Waals surface area contributed by atoms with Crippen LogP contribution in [0, 0.1) is 11.8 Å². The second kappa shape index (κ2) is 6.37. The van der Waals surface area contributed by atoms with Crippen LogP contribution in [0.5, 0.6) is 0 Å². The average Bonchev–Trinajstić information content (AvgIpc) is 3.06. The number of carboxylic acid groups (broad SMARTS) is 1. The van der Waals surface area contributed by atoms with Gasteiger partial charge in [-0.05, 0) is 12.5 Å². The van der Waals surface area contributed by atoms with Crippen LogP contribution in [-0.4, -0.2) is 50.9 Å². The van der Waals surface area contributed by atoms with Crippen LogP contribution in [0.1, 0.15) is 12.8 Å². The number of hydrogen-bond acceptors (Lipinski definition) is 3. The Labute approximate surface area is 124 Å². The molecule has 0 unspecified atom stereocenters. The van der Waals surface area contributed by atoms with E-state index in [4.69, 9.17) is 5.11 Å². The fourth-order valence-corrected chi connectivity index (χ4v) is 2.57. The van der Waals surface area contributed by atoms with Crippen molar-refractivity contribution in [2.75, 3.05) is 13.1 Å². The molecule has 6 nitrogen and oxygen atoms in total. The molecule has 0 saturated carbocycles. The van der Waals surface area contributed by atoms with Crippen molar-refractivity contribution in [2.45, 2.75) is 25.6 Å². The van der Waals surface area contributed by atoms with Gasteiger partial charge >= 0.3 is 12.1 Å². The number of alkyl halides is 3. The number of rotatable bonds is 5. The first-order chi connectivity index (χ1) is 10.3. The second-order valence-corrected chi connectivity index (χ2v) is 5.26. The first-order valence-electron chi connectivity index (χ1n) is 6.83. The van der Waals surface area contributed by atoms with Crippen molar-refractivity contribution < 1.29 is 27.9 Å². The summed E-state index contributed by atoms with van der Waals surface area (Å²) in [4.78, 5) is 23.9. The highest BCUT2D eigenvalue weighted by Gasteiger charge is 2.53. The van der Waals surface area contributed by atoms with E-state index in [-0.39, 0.29) is 13.0 Å². The van der Waals surface area contributed by atoms with Crippen LogP contribution in [0.4, 0.5) is 13.2 Å². The molecule has 1 aromatic rings. The number of carbonyl (C=O) groups excluding carboxylic acids is 1. The second-order valence-electron chi connectivity index (χ2n) is 5.26. The summed E-state index contributed by atoms with van der Waals surface area (Å²) < 4.78 is 40.1. The molecule has 1 aliphatic heterocycles. The molecule has 0 radical (unpaired) electrons. The standard InChI is InChI=1S/C13H16F3N3O3/c14-13(15,16)10-8-18(7-9(10)12(21)22)11(20)3-1-5-19-6-2-4-17-19/h2,4,6,9-10H,1,3,5,7-8H2,(H,21,22)/t9-,10-/m1/s1. The molecular weight excluding hydrogens is 303 g/mol. The Bertz CT molecular complexity index is 530. The van der Waals surface area contributed by atoms with Crippen molar-refractivity contribution >= 4 is 11.9 Å². The van der Waals surface area contributed by atoms with E-state index >= 15 is 0 Å². The number of halogens is 3. The third-order valence-corrected chi connectivity index (χ3v) is 3.75. The zero-order chi connectivity index (χ0) is 16.3. The summed E-state index contributed by atoms with van der Waals surface area (Å²) in [6, 6.07) is 1.73. The summed E-state index contributed by atoms with van der Waals surface area (Å²) >= 11 is 0. The molecule has 1 fully saturated rings. The zero-order valence-corrected chi connectivity index (χ0v) is 11.7. The number of carboxylic acids is 1. The fraction of sp³-hybridized carbons (Fsp3) is 0.615. The lowest BCUT2D eigenvalue weighted by Gasteiger charge is -2.18. The van der Waals surface area contributed by atoms with Crippen molar-refractivity contribution in [3.05, 3.63) is 18.5 Å². The SMILES string of the molecule is O=C(O)[C@@H]1CN(C(=O)CCCn2cccn2)C[C@H]1C(F)(F)F. The van der Waals surface area contributed by atoms with Gasteiger partial charge in [-0.1, -0.05) is 0 Å². The molecule has 2 atom stereocenters. The van der Waals surface area contributed by atoms with Gasteiger partial charge in [-0.2, -0.15) is 18.3 Å². The third kappa shape index (κ3) is 3.77. The van der Waals surface area contributed by atoms with Gasteiger partial charge in [-0.15, -0.1) is 0 Å². The normalized spacial score (nSPS) is 22.0. The maximum absolute atomic E-state index is 12.8. The molecule has 9 heteroatoms. The molecule has 0 bridgehead atoms. The van der Waals surface area contributed by atoms with Crippen molar-refractivity contribution in [1.29, 1.82) is 0 Å². The van der Waals surface area contributed by atoms with E-state index in [9.17, 15) is 22.8 Å². The van der Waals surface area contributed by atoms with E-state index in [0.717, 1.165) is 4.90 Å². The maximum Gasteiger partial charge on any atom is 0.394 e. The van der Waals surface area contributed by atoms with E-state index < -0.39 is 36.4 Å². The van der Waals surface area contributed by atoms with Crippen LogP contribution in [0.15, 0.2) is 18.5 Å². The van der Waals surface area contributed by atoms with Crippen LogP contribution in [-0.2, 0) is 16.1 Å². The van der Waals surface area contributed by atoms with E-state index in [1.807, 2.05) is 0 Å². The van der Waals surface area contributed by atoms with Crippen molar-refractivity contribution in [3.63, 3.8) is 0 Å².